The highest BCUT2D eigenvalue weighted by Crippen LogP contribution is 2.04. The third-order valence-corrected chi connectivity index (χ3v) is 2.37. The third kappa shape index (κ3) is 5.16. The van der Waals surface area contributed by atoms with Crippen LogP contribution in [-0.2, 0) is 0 Å². The number of hydrogen-bond acceptors (Lipinski definition) is 2. The molecule has 0 heterocycles. The maximum Gasteiger partial charge on any atom is 0.251 e. The van der Waals surface area contributed by atoms with Crippen LogP contribution in [0.15, 0.2) is 0 Å². The van der Waals surface area contributed by atoms with E-state index in [4.69, 9.17) is 0 Å². The molecule has 2 atom stereocenters. The summed E-state index contributed by atoms with van der Waals surface area (Å²) in [6.07, 6.45) is -2.25. The van der Waals surface area contributed by atoms with Crippen molar-refractivity contribution in [2.75, 3.05) is 20.1 Å². The SMILES string of the molecule is CCNC(C)C(C)N(C)CC(F)F. The zero-order chi connectivity index (χ0) is 10.4. The molecule has 0 aromatic rings. The van der Waals surface area contributed by atoms with Gasteiger partial charge in [0.1, 0.15) is 0 Å². The number of alkyl halides is 2. The van der Waals surface area contributed by atoms with Gasteiger partial charge < -0.3 is 5.32 Å². The van der Waals surface area contributed by atoms with Crippen LogP contribution in [-0.4, -0.2) is 43.5 Å². The quantitative estimate of drug-likeness (QED) is 0.690. The number of hydrogen-bond donors (Lipinski definition) is 1. The standard InChI is InChI=1S/C9H20F2N2/c1-5-12-7(2)8(3)13(4)6-9(10)11/h7-9,12H,5-6H2,1-4H3. The highest BCUT2D eigenvalue weighted by atomic mass is 19.3. The Labute approximate surface area is 79.3 Å². The van der Waals surface area contributed by atoms with E-state index < -0.39 is 6.43 Å². The summed E-state index contributed by atoms with van der Waals surface area (Å²) in [6.45, 7) is 6.69. The number of nitrogens with one attached hydrogen (secondary N) is 1. The number of likely N-dealkylation sites (N-methyl/N-ethyl adjacent to an activating group) is 2. The Morgan fingerprint density at radius 2 is 1.85 bits per heavy atom. The lowest BCUT2D eigenvalue weighted by Crippen LogP contribution is -2.46. The molecule has 2 nitrogen and oxygen atoms in total. The van der Waals surface area contributed by atoms with Crippen molar-refractivity contribution in [2.45, 2.75) is 39.3 Å². The van der Waals surface area contributed by atoms with Gasteiger partial charge in [-0.2, -0.15) is 0 Å². The molecule has 0 aromatic heterocycles. The van der Waals surface area contributed by atoms with E-state index in [9.17, 15) is 8.78 Å². The Hall–Kier alpha value is -0.220. The summed E-state index contributed by atoms with van der Waals surface area (Å²) in [4.78, 5) is 1.68. The molecule has 1 N–H and O–H groups in total. The van der Waals surface area contributed by atoms with Crippen molar-refractivity contribution in [1.82, 2.24) is 10.2 Å². The lowest BCUT2D eigenvalue weighted by Gasteiger charge is -2.29. The molecular weight excluding hydrogens is 174 g/mol. The van der Waals surface area contributed by atoms with E-state index >= 15 is 0 Å². The second kappa shape index (κ2) is 6.27. The van der Waals surface area contributed by atoms with Crippen LogP contribution in [0, 0.1) is 0 Å². The molecule has 13 heavy (non-hydrogen) atoms. The van der Waals surface area contributed by atoms with Crippen LogP contribution in [0.4, 0.5) is 8.78 Å². The molecule has 0 bridgehead atoms. The van der Waals surface area contributed by atoms with Gasteiger partial charge in [0.15, 0.2) is 0 Å². The van der Waals surface area contributed by atoms with Crippen molar-refractivity contribution >= 4 is 0 Å². The Balaban J connectivity index is 3.85. The van der Waals surface area contributed by atoms with Crippen LogP contribution < -0.4 is 5.32 Å². The van der Waals surface area contributed by atoms with Crippen LogP contribution in [0.1, 0.15) is 20.8 Å². The van der Waals surface area contributed by atoms with Gasteiger partial charge >= 0.3 is 0 Å². The summed E-state index contributed by atoms with van der Waals surface area (Å²) in [7, 11) is 1.73. The maximum absolute atomic E-state index is 12.0. The molecule has 4 heteroatoms. The lowest BCUT2D eigenvalue weighted by molar-refractivity contribution is 0.0768. The highest BCUT2D eigenvalue weighted by Gasteiger charge is 2.18. The second-order valence-electron chi connectivity index (χ2n) is 3.42. The molecule has 0 aliphatic heterocycles. The average Bonchev–Trinajstić information content (AvgIpc) is 2.02. The van der Waals surface area contributed by atoms with Crippen LogP contribution in [0.2, 0.25) is 0 Å². The average molecular weight is 194 g/mol. The molecule has 0 saturated carbocycles. The fraction of sp³-hybridized carbons (Fsp3) is 1.00. The van der Waals surface area contributed by atoms with Crippen molar-refractivity contribution < 1.29 is 8.78 Å². The smallest absolute Gasteiger partial charge is 0.251 e. The van der Waals surface area contributed by atoms with Gasteiger partial charge in [0.05, 0.1) is 6.54 Å². The number of rotatable bonds is 6. The first-order valence-electron chi connectivity index (χ1n) is 4.70. The van der Waals surface area contributed by atoms with Crippen molar-refractivity contribution in [3.8, 4) is 0 Å². The van der Waals surface area contributed by atoms with Gasteiger partial charge in [-0.1, -0.05) is 6.92 Å². The van der Waals surface area contributed by atoms with Gasteiger partial charge in [-0.3, -0.25) is 4.90 Å². The van der Waals surface area contributed by atoms with Crippen molar-refractivity contribution in [2.24, 2.45) is 0 Å². The summed E-state index contributed by atoms with van der Waals surface area (Å²) in [6, 6.07) is 0.377. The fourth-order valence-corrected chi connectivity index (χ4v) is 1.26. The minimum Gasteiger partial charge on any atom is -0.313 e. The largest absolute Gasteiger partial charge is 0.313 e. The van der Waals surface area contributed by atoms with Gasteiger partial charge in [-0.15, -0.1) is 0 Å². The van der Waals surface area contributed by atoms with E-state index in [2.05, 4.69) is 5.32 Å². The summed E-state index contributed by atoms with van der Waals surface area (Å²) < 4.78 is 24.1. The Kier molecular flexibility index (Phi) is 6.16. The number of halogens is 2. The summed E-state index contributed by atoms with van der Waals surface area (Å²) in [5, 5.41) is 3.21. The van der Waals surface area contributed by atoms with E-state index in [1.54, 1.807) is 11.9 Å². The van der Waals surface area contributed by atoms with E-state index in [0.29, 0.717) is 0 Å². The molecule has 80 valence electrons. The number of nitrogens with zero attached hydrogens (tertiary/aromatic N) is 1. The minimum absolute atomic E-state index is 0.133. The van der Waals surface area contributed by atoms with Gasteiger partial charge in [0.25, 0.3) is 6.43 Å². The first kappa shape index (κ1) is 12.8. The molecule has 0 aliphatic carbocycles. The molecule has 0 radical (unpaired) electrons. The monoisotopic (exact) mass is 194 g/mol. The molecular formula is C9H20F2N2. The zero-order valence-electron chi connectivity index (χ0n) is 8.85. The lowest BCUT2D eigenvalue weighted by atomic mass is 10.1. The fourth-order valence-electron chi connectivity index (χ4n) is 1.26. The van der Waals surface area contributed by atoms with Crippen LogP contribution in [0.25, 0.3) is 0 Å². The van der Waals surface area contributed by atoms with Gasteiger partial charge in [0.2, 0.25) is 0 Å². The molecule has 0 rings (SSSR count). The Morgan fingerprint density at radius 3 is 2.23 bits per heavy atom. The maximum atomic E-state index is 12.0. The third-order valence-electron chi connectivity index (χ3n) is 2.37. The first-order chi connectivity index (χ1) is 5.99. The Morgan fingerprint density at radius 1 is 1.31 bits per heavy atom. The Bertz CT molecular complexity index is 131. The van der Waals surface area contributed by atoms with Crippen LogP contribution in [0.3, 0.4) is 0 Å². The van der Waals surface area contributed by atoms with Gasteiger partial charge in [-0.25, -0.2) is 8.78 Å². The molecule has 0 fully saturated rings. The van der Waals surface area contributed by atoms with Gasteiger partial charge in [0, 0.05) is 12.1 Å². The highest BCUT2D eigenvalue weighted by molar-refractivity contribution is 4.75. The summed E-state index contributed by atoms with van der Waals surface area (Å²) in [5.74, 6) is 0. The summed E-state index contributed by atoms with van der Waals surface area (Å²) >= 11 is 0. The topological polar surface area (TPSA) is 15.3 Å². The molecule has 0 spiro atoms. The normalized spacial score (nSPS) is 16.6. The molecule has 0 amide bonds. The molecule has 2 unspecified atom stereocenters. The van der Waals surface area contributed by atoms with Crippen LogP contribution >= 0.6 is 0 Å². The zero-order valence-corrected chi connectivity index (χ0v) is 8.85. The predicted molar refractivity (Wildman–Crippen MR) is 51.2 cm³/mol. The summed E-state index contributed by atoms with van der Waals surface area (Å²) in [5.41, 5.74) is 0. The molecule has 0 saturated heterocycles. The van der Waals surface area contributed by atoms with Crippen LogP contribution in [0.5, 0.6) is 0 Å². The molecule has 0 aromatic carbocycles. The van der Waals surface area contributed by atoms with Gasteiger partial charge in [-0.05, 0) is 27.4 Å². The first-order valence-corrected chi connectivity index (χ1v) is 4.70. The second-order valence-corrected chi connectivity index (χ2v) is 3.42. The van der Waals surface area contributed by atoms with E-state index in [1.165, 1.54) is 0 Å². The molecule has 0 aliphatic rings. The van der Waals surface area contributed by atoms with Crippen molar-refractivity contribution in [1.29, 1.82) is 0 Å². The van der Waals surface area contributed by atoms with E-state index in [-0.39, 0.29) is 18.6 Å². The van der Waals surface area contributed by atoms with E-state index in [1.807, 2.05) is 20.8 Å². The predicted octanol–water partition coefficient (Wildman–Crippen LogP) is 1.57. The minimum atomic E-state index is -2.25. The van der Waals surface area contributed by atoms with E-state index in [0.717, 1.165) is 6.54 Å². The van der Waals surface area contributed by atoms with Crippen molar-refractivity contribution in [3.05, 3.63) is 0 Å². The van der Waals surface area contributed by atoms with Crippen molar-refractivity contribution in [3.63, 3.8) is 0 Å².